The first-order valence-electron chi connectivity index (χ1n) is 5.28. The minimum absolute atomic E-state index is 0.574. The van der Waals surface area contributed by atoms with Crippen LogP contribution in [0.4, 0.5) is 4.79 Å². The highest BCUT2D eigenvalue weighted by molar-refractivity contribution is 8.00. The van der Waals surface area contributed by atoms with E-state index >= 15 is 0 Å². The van der Waals surface area contributed by atoms with Crippen LogP contribution in [0.1, 0.15) is 20.8 Å². The third kappa shape index (κ3) is 5.47. The first-order chi connectivity index (χ1) is 8.14. The van der Waals surface area contributed by atoms with Crippen LogP contribution in [-0.4, -0.2) is 56.6 Å². The lowest BCUT2D eigenvalue weighted by Crippen LogP contribution is -2.51. The number of hydrogen-bond donors (Lipinski definition) is 4. The Kier molecular flexibility index (Phi) is 7.05. The summed E-state index contributed by atoms with van der Waals surface area (Å²) in [6, 6.07) is -1.07. The Morgan fingerprint density at radius 2 is 1.67 bits per heavy atom. The third-order valence-corrected chi connectivity index (χ3v) is 2.28. The normalized spacial score (nSPS) is 11.8. The molecule has 2 N–H and O–H groups in total. The van der Waals surface area contributed by atoms with Crippen LogP contribution < -0.4 is 0 Å². The minimum atomic E-state index is -1.07. The molecule has 0 heterocycles. The van der Waals surface area contributed by atoms with E-state index in [0.717, 1.165) is 0 Å². The predicted molar refractivity (Wildman–Crippen MR) is 72.8 cm³/mol. The molecule has 18 heavy (non-hydrogen) atoms. The number of ether oxygens (including phenoxy) is 1. The first kappa shape index (κ1) is 17.6. The second-order valence-electron chi connectivity index (χ2n) is 4.58. The Balaban J connectivity index is 5.09. The lowest BCUT2D eigenvalue weighted by atomic mass is 10.2. The zero-order valence-electron chi connectivity index (χ0n) is 10.5. The van der Waals surface area contributed by atoms with Gasteiger partial charge in [0.25, 0.3) is 5.91 Å². The summed E-state index contributed by atoms with van der Waals surface area (Å²) in [7, 11) is 0. The molecule has 0 saturated carbocycles. The van der Waals surface area contributed by atoms with Gasteiger partial charge in [-0.3, -0.25) is 4.79 Å². The van der Waals surface area contributed by atoms with E-state index in [2.05, 4.69) is 25.3 Å². The van der Waals surface area contributed by atoms with E-state index in [1.54, 1.807) is 20.8 Å². The summed E-state index contributed by atoms with van der Waals surface area (Å²) in [5.74, 6) is -0.760. The Morgan fingerprint density at radius 1 is 1.22 bits per heavy atom. The van der Waals surface area contributed by atoms with Crippen molar-refractivity contribution in [2.24, 2.45) is 0 Å². The number of aliphatic hydroxyl groups is 2. The molecule has 0 aromatic carbocycles. The number of rotatable bonds is 4. The summed E-state index contributed by atoms with van der Waals surface area (Å²) < 4.78 is 3.99. The molecule has 0 rings (SSSR count). The van der Waals surface area contributed by atoms with E-state index in [4.69, 9.17) is 14.9 Å². The molecule has 106 valence electrons. The summed E-state index contributed by atoms with van der Waals surface area (Å²) in [5.41, 5.74) is -0.798. The fourth-order valence-electron chi connectivity index (χ4n) is 1.08. The molecule has 8 heteroatoms. The van der Waals surface area contributed by atoms with Gasteiger partial charge in [0, 0.05) is 0 Å². The van der Waals surface area contributed by atoms with Crippen molar-refractivity contribution in [1.29, 1.82) is 0 Å². The molecule has 0 radical (unpaired) electrons. The second kappa shape index (κ2) is 7.22. The van der Waals surface area contributed by atoms with Crippen molar-refractivity contribution < 1.29 is 24.5 Å². The molecule has 2 amide bonds. The molecule has 0 saturated heterocycles. The van der Waals surface area contributed by atoms with Gasteiger partial charge in [-0.2, -0.15) is 25.3 Å². The van der Waals surface area contributed by atoms with E-state index in [9.17, 15) is 9.59 Å². The SMILES string of the molecule is CC(C)(C)OC(=O)N(C(=O)C(S)S)C(CO)CO. The Morgan fingerprint density at radius 3 is 1.94 bits per heavy atom. The average Bonchev–Trinajstić information content (AvgIpc) is 2.21. The summed E-state index contributed by atoms with van der Waals surface area (Å²) in [5, 5.41) is 18.1. The zero-order chi connectivity index (χ0) is 14.5. The Bertz CT molecular complexity index is 299. The van der Waals surface area contributed by atoms with Crippen molar-refractivity contribution in [3.8, 4) is 0 Å². The van der Waals surface area contributed by atoms with Crippen molar-refractivity contribution >= 4 is 37.3 Å². The number of carbonyl (C=O) groups excluding carboxylic acids is 2. The molecule has 0 fully saturated rings. The van der Waals surface area contributed by atoms with E-state index in [-0.39, 0.29) is 0 Å². The standard InChI is InChI=1S/C10H19NO5S2/c1-10(2,3)16-9(15)11(6(4-12)5-13)7(14)8(17)18/h6,8,12-13,17-18H,4-5H2,1-3H3. The lowest BCUT2D eigenvalue weighted by Gasteiger charge is -2.30. The topological polar surface area (TPSA) is 87.1 Å². The van der Waals surface area contributed by atoms with Crippen LogP contribution in [0.25, 0.3) is 0 Å². The van der Waals surface area contributed by atoms with Gasteiger partial charge in [-0.05, 0) is 20.8 Å². The van der Waals surface area contributed by atoms with Crippen LogP contribution in [-0.2, 0) is 9.53 Å². The monoisotopic (exact) mass is 297 g/mol. The average molecular weight is 297 g/mol. The fraction of sp³-hybridized carbons (Fsp3) is 0.800. The molecule has 0 aliphatic heterocycles. The first-order valence-corrected chi connectivity index (χ1v) is 6.31. The number of amides is 2. The zero-order valence-corrected chi connectivity index (χ0v) is 12.3. The molecule has 0 unspecified atom stereocenters. The van der Waals surface area contributed by atoms with Gasteiger partial charge in [-0.15, -0.1) is 0 Å². The maximum atomic E-state index is 11.9. The maximum Gasteiger partial charge on any atom is 0.417 e. The smallest absolute Gasteiger partial charge is 0.417 e. The number of nitrogens with zero attached hydrogens (tertiary/aromatic N) is 1. The molecular formula is C10H19NO5S2. The van der Waals surface area contributed by atoms with E-state index < -0.39 is 41.4 Å². The summed E-state index contributed by atoms with van der Waals surface area (Å²) in [6.07, 6.45) is -0.950. The second-order valence-corrected chi connectivity index (χ2v) is 6.02. The predicted octanol–water partition coefficient (Wildman–Crippen LogP) is 0.289. The van der Waals surface area contributed by atoms with Crippen LogP contribution in [0.3, 0.4) is 0 Å². The largest absolute Gasteiger partial charge is 0.443 e. The van der Waals surface area contributed by atoms with Crippen LogP contribution in [0.5, 0.6) is 0 Å². The molecule has 0 aliphatic rings. The van der Waals surface area contributed by atoms with Gasteiger partial charge in [0.2, 0.25) is 0 Å². The third-order valence-electron chi connectivity index (χ3n) is 1.84. The Hall–Kier alpha value is -0.440. The molecular weight excluding hydrogens is 278 g/mol. The molecule has 0 bridgehead atoms. The summed E-state index contributed by atoms with van der Waals surface area (Å²) in [6.45, 7) is 3.77. The van der Waals surface area contributed by atoms with Gasteiger partial charge in [-0.1, -0.05) is 0 Å². The van der Waals surface area contributed by atoms with E-state index in [0.29, 0.717) is 4.90 Å². The molecule has 0 atom stereocenters. The van der Waals surface area contributed by atoms with Crippen molar-refractivity contribution in [1.82, 2.24) is 4.90 Å². The van der Waals surface area contributed by atoms with Gasteiger partial charge in [0.1, 0.15) is 10.2 Å². The highest BCUT2D eigenvalue weighted by atomic mass is 32.2. The van der Waals surface area contributed by atoms with Crippen molar-refractivity contribution in [2.45, 2.75) is 37.0 Å². The van der Waals surface area contributed by atoms with Crippen LogP contribution in [0.2, 0.25) is 0 Å². The quantitative estimate of drug-likeness (QED) is 0.442. The minimum Gasteiger partial charge on any atom is -0.443 e. The number of hydrogen-bond acceptors (Lipinski definition) is 7. The van der Waals surface area contributed by atoms with Crippen LogP contribution in [0, 0.1) is 0 Å². The summed E-state index contributed by atoms with van der Waals surface area (Å²) in [4.78, 5) is 24.3. The van der Waals surface area contributed by atoms with Gasteiger partial charge >= 0.3 is 6.09 Å². The van der Waals surface area contributed by atoms with Gasteiger partial charge < -0.3 is 14.9 Å². The number of aliphatic hydroxyl groups excluding tert-OH is 2. The number of imide groups is 1. The van der Waals surface area contributed by atoms with Crippen LogP contribution >= 0.6 is 25.3 Å². The molecule has 0 aliphatic carbocycles. The maximum absolute atomic E-state index is 11.9. The molecule has 0 spiro atoms. The lowest BCUT2D eigenvalue weighted by molar-refractivity contribution is -0.132. The van der Waals surface area contributed by atoms with Gasteiger partial charge in [0.15, 0.2) is 0 Å². The molecule has 6 nitrogen and oxygen atoms in total. The summed E-state index contributed by atoms with van der Waals surface area (Å²) >= 11 is 7.63. The highest BCUT2D eigenvalue weighted by Crippen LogP contribution is 2.15. The van der Waals surface area contributed by atoms with Crippen molar-refractivity contribution in [3.63, 3.8) is 0 Å². The highest BCUT2D eigenvalue weighted by Gasteiger charge is 2.34. The van der Waals surface area contributed by atoms with E-state index in [1.165, 1.54) is 0 Å². The molecule has 0 aromatic rings. The number of thiol groups is 2. The van der Waals surface area contributed by atoms with Crippen molar-refractivity contribution in [3.05, 3.63) is 0 Å². The fourth-order valence-corrected chi connectivity index (χ4v) is 1.32. The number of carbonyl (C=O) groups is 2. The van der Waals surface area contributed by atoms with Gasteiger partial charge in [0.05, 0.1) is 19.3 Å². The van der Waals surface area contributed by atoms with Crippen molar-refractivity contribution in [2.75, 3.05) is 13.2 Å². The van der Waals surface area contributed by atoms with Crippen LogP contribution in [0.15, 0.2) is 0 Å². The van der Waals surface area contributed by atoms with Gasteiger partial charge in [-0.25, -0.2) is 9.69 Å². The Labute approximate surface area is 117 Å². The van der Waals surface area contributed by atoms with E-state index in [1.807, 2.05) is 0 Å². The molecule has 0 aromatic heterocycles.